The average Bonchev–Trinajstić information content (AvgIpc) is 3.30. The Balaban J connectivity index is 1.40. The second-order valence-corrected chi connectivity index (χ2v) is 8.99. The van der Waals surface area contributed by atoms with E-state index in [0.717, 1.165) is 20.8 Å². The molecule has 0 aliphatic rings. The fourth-order valence-electron chi connectivity index (χ4n) is 3.02. The Labute approximate surface area is 193 Å². The lowest BCUT2D eigenvalue weighted by Crippen LogP contribution is -2.22. The molecule has 0 bridgehead atoms. The smallest absolute Gasteiger partial charge is 0.253 e. The number of fused-ring (bicyclic) bond motifs is 1. The van der Waals surface area contributed by atoms with Crippen LogP contribution in [0.15, 0.2) is 59.9 Å². The highest BCUT2D eigenvalue weighted by Crippen LogP contribution is 2.29. The first-order valence-electron chi connectivity index (χ1n) is 9.79. The SMILES string of the molecule is COc1ccc2nc(C)nc(SCC(=O)c3ccc(CNC(=O)c4cccnc4)s3)c2c1. The predicted molar refractivity (Wildman–Crippen MR) is 126 cm³/mol. The van der Waals surface area contributed by atoms with Gasteiger partial charge >= 0.3 is 0 Å². The number of amides is 1. The molecule has 1 aromatic carbocycles. The fourth-order valence-corrected chi connectivity index (χ4v) is 4.94. The van der Waals surface area contributed by atoms with Crippen molar-refractivity contribution in [2.75, 3.05) is 12.9 Å². The number of thiophene rings is 1. The predicted octanol–water partition coefficient (Wildman–Crippen LogP) is 4.31. The Bertz CT molecular complexity index is 1270. The Morgan fingerprint density at radius 3 is 2.81 bits per heavy atom. The molecule has 1 amide bonds. The lowest BCUT2D eigenvalue weighted by molar-refractivity contribution is 0.0950. The van der Waals surface area contributed by atoms with Gasteiger partial charge in [0.2, 0.25) is 0 Å². The van der Waals surface area contributed by atoms with Crippen molar-refractivity contribution in [3.8, 4) is 5.75 Å². The van der Waals surface area contributed by atoms with Gasteiger partial charge in [-0.05, 0) is 49.4 Å². The molecule has 9 heteroatoms. The zero-order valence-corrected chi connectivity index (χ0v) is 19.1. The molecule has 0 aliphatic heterocycles. The molecule has 0 spiro atoms. The summed E-state index contributed by atoms with van der Waals surface area (Å²) >= 11 is 2.76. The number of aryl methyl sites for hydroxylation is 1. The van der Waals surface area contributed by atoms with Crippen LogP contribution in [0, 0.1) is 6.92 Å². The van der Waals surface area contributed by atoms with Gasteiger partial charge in [-0.1, -0.05) is 11.8 Å². The minimum absolute atomic E-state index is 0.0112. The van der Waals surface area contributed by atoms with Gasteiger partial charge in [-0.3, -0.25) is 14.6 Å². The molecule has 0 saturated heterocycles. The van der Waals surface area contributed by atoms with Gasteiger partial charge in [0.1, 0.15) is 16.6 Å². The number of pyridine rings is 1. The van der Waals surface area contributed by atoms with E-state index in [0.29, 0.717) is 28.6 Å². The maximum Gasteiger partial charge on any atom is 0.253 e. The molecule has 32 heavy (non-hydrogen) atoms. The van der Waals surface area contributed by atoms with E-state index in [1.165, 1.54) is 29.3 Å². The average molecular weight is 465 g/mol. The van der Waals surface area contributed by atoms with Crippen LogP contribution < -0.4 is 10.1 Å². The number of rotatable bonds is 8. The molecule has 4 rings (SSSR count). The lowest BCUT2D eigenvalue weighted by Gasteiger charge is -2.08. The third kappa shape index (κ3) is 5.12. The maximum atomic E-state index is 12.8. The number of nitrogens with one attached hydrogen (secondary N) is 1. The summed E-state index contributed by atoms with van der Waals surface area (Å²) in [4.78, 5) is 39.4. The first-order chi connectivity index (χ1) is 15.5. The summed E-state index contributed by atoms with van der Waals surface area (Å²) in [6.45, 7) is 2.19. The molecule has 0 aliphatic carbocycles. The van der Waals surface area contributed by atoms with E-state index < -0.39 is 0 Å². The van der Waals surface area contributed by atoms with Gasteiger partial charge in [-0.15, -0.1) is 11.3 Å². The van der Waals surface area contributed by atoms with Crippen molar-refractivity contribution in [2.45, 2.75) is 18.5 Å². The summed E-state index contributed by atoms with van der Waals surface area (Å²) in [5, 5.41) is 4.46. The zero-order valence-electron chi connectivity index (χ0n) is 17.5. The van der Waals surface area contributed by atoms with Crippen LogP contribution in [0.3, 0.4) is 0 Å². The van der Waals surface area contributed by atoms with Gasteiger partial charge in [0, 0.05) is 22.7 Å². The molecule has 1 N–H and O–H groups in total. The van der Waals surface area contributed by atoms with E-state index >= 15 is 0 Å². The Morgan fingerprint density at radius 2 is 2.03 bits per heavy atom. The molecule has 4 aromatic rings. The van der Waals surface area contributed by atoms with Crippen molar-refractivity contribution in [2.24, 2.45) is 0 Å². The Kier molecular flexibility index (Phi) is 6.77. The minimum Gasteiger partial charge on any atom is -0.497 e. The van der Waals surface area contributed by atoms with E-state index in [4.69, 9.17) is 4.74 Å². The van der Waals surface area contributed by atoms with Crippen LogP contribution in [0.5, 0.6) is 5.75 Å². The van der Waals surface area contributed by atoms with Crippen LogP contribution in [0.2, 0.25) is 0 Å². The molecular formula is C23H20N4O3S2. The summed E-state index contributed by atoms with van der Waals surface area (Å²) < 4.78 is 5.31. The van der Waals surface area contributed by atoms with Crippen LogP contribution in [-0.4, -0.2) is 39.5 Å². The number of Topliss-reactive ketones (excluding diaryl/α,β-unsaturated/α-hetero) is 1. The summed E-state index contributed by atoms with van der Waals surface area (Å²) in [6.07, 6.45) is 3.14. The topological polar surface area (TPSA) is 94.1 Å². The molecular weight excluding hydrogens is 444 g/mol. The number of benzene rings is 1. The van der Waals surface area contributed by atoms with Crippen LogP contribution >= 0.6 is 23.1 Å². The highest BCUT2D eigenvalue weighted by atomic mass is 32.2. The molecule has 162 valence electrons. The van der Waals surface area contributed by atoms with Gasteiger partial charge < -0.3 is 10.1 Å². The second-order valence-electron chi connectivity index (χ2n) is 6.86. The lowest BCUT2D eigenvalue weighted by atomic mass is 10.2. The fraction of sp³-hybridized carbons (Fsp3) is 0.174. The van der Waals surface area contributed by atoms with Gasteiger partial charge in [0.15, 0.2) is 5.78 Å². The molecule has 0 fully saturated rings. The van der Waals surface area contributed by atoms with Crippen LogP contribution in [-0.2, 0) is 6.54 Å². The largest absolute Gasteiger partial charge is 0.497 e. The van der Waals surface area contributed by atoms with Crippen molar-refractivity contribution in [1.82, 2.24) is 20.3 Å². The Morgan fingerprint density at radius 1 is 1.16 bits per heavy atom. The van der Waals surface area contributed by atoms with E-state index in [-0.39, 0.29) is 17.4 Å². The third-order valence-corrected chi connectivity index (χ3v) is 6.72. The number of carbonyl (C=O) groups is 2. The number of methoxy groups -OCH3 is 1. The molecule has 0 radical (unpaired) electrons. The van der Waals surface area contributed by atoms with Crippen molar-refractivity contribution in [3.63, 3.8) is 0 Å². The Hall–Kier alpha value is -3.30. The number of thioether (sulfide) groups is 1. The summed E-state index contributed by atoms with van der Waals surface area (Å²) in [6, 6.07) is 12.7. The van der Waals surface area contributed by atoms with Gasteiger partial charge in [0.05, 0.1) is 35.4 Å². The number of ketones is 1. The van der Waals surface area contributed by atoms with Crippen LogP contribution in [0.1, 0.15) is 30.7 Å². The van der Waals surface area contributed by atoms with Gasteiger partial charge in [0.25, 0.3) is 5.91 Å². The highest BCUT2D eigenvalue weighted by molar-refractivity contribution is 8.00. The zero-order chi connectivity index (χ0) is 22.5. The number of hydrogen-bond acceptors (Lipinski definition) is 8. The van der Waals surface area contributed by atoms with Crippen molar-refractivity contribution in [3.05, 3.63) is 76.0 Å². The quantitative estimate of drug-likeness (QED) is 0.236. The molecule has 0 saturated carbocycles. The monoisotopic (exact) mass is 464 g/mol. The van der Waals surface area contributed by atoms with Crippen molar-refractivity contribution in [1.29, 1.82) is 0 Å². The van der Waals surface area contributed by atoms with E-state index in [1.54, 1.807) is 31.5 Å². The number of aromatic nitrogens is 3. The van der Waals surface area contributed by atoms with Gasteiger partial charge in [-0.2, -0.15) is 0 Å². The third-order valence-electron chi connectivity index (χ3n) is 4.60. The standard InChI is InChI=1S/C23H20N4O3S2/c1-14-26-19-7-5-16(30-2)10-18(19)23(27-14)31-13-20(28)21-8-6-17(32-21)12-25-22(29)15-4-3-9-24-11-15/h3-11H,12-13H2,1-2H3,(H,25,29). The van der Waals surface area contributed by atoms with Crippen LogP contribution in [0.4, 0.5) is 0 Å². The van der Waals surface area contributed by atoms with Gasteiger partial charge in [-0.25, -0.2) is 9.97 Å². The second kappa shape index (κ2) is 9.88. The van der Waals surface area contributed by atoms with E-state index in [1.807, 2.05) is 31.2 Å². The summed E-state index contributed by atoms with van der Waals surface area (Å²) in [7, 11) is 1.61. The number of nitrogens with zero attached hydrogens (tertiary/aromatic N) is 3. The van der Waals surface area contributed by atoms with Crippen LogP contribution in [0.25, 0.3) is 10.9 Å². The summed E-state index contributed by atoms with van der Waals surface area (Å²) in [5.74, 6) is 1.44. The maximum absolute atomic E-state index is 12.8. The number of hydrogen-bond donors (Lipinski definition) is 1. The molecule has 3 aromatic heterocycles. The normalized spacial score (nSPS) is 10.8. The minimum atomic E-state index is -0.198. The number of carbonyl (C=O) groups excluding carboxylic acids is 2. The molecule has 3 heterocycles. The van der Waals surface area contributed by atoms with E-state index in [2.05, 4.69) is 20.3 Å². The summed E-state index contributed by atoms with van der Waals surface area (Å²) in [5.41, 5.74) is 1.32. The first-order valence-corrected chi connectivity index (χ1v) is 11.6. The molecule has 0 atom stereocenters. The number of ether oxygens (including phenoxy) is 1. The first kappa shape index (κ1) is 21.9. The van der Waals surface area contributed by atoms with Crippen molar-refractivity contribution < 1.29 is 14.3 Å². The van der Waals surface area contributed by atoms with Crippen molar-refractivity contribution >= 4 is 45.7 Å². The highest BCUT2D eigenvalue weighted by Gasteiger charge is 2.14. The van der Waals surface area contributed by atoms with E-state index in [9.17, 15) is 9.59 Å². The molecule has 0 unspecified atom stereocenters. The molecule has 7 nitrogen and oxygen atoms in total.